The Morgan fingerprint density at radius 2 is 1.85 bits per heavy atom. The van der Waals surface area contributed by atoms with Crippen LogP contribution in [-0.4, -0.2) is 53.4 Å². The zero-order chi connectivity index (χ0) is 20.4. The molecule has 7 heteroatoms. The molecule has 2 aromatic rings. The number of amides is 2. The number of nitrogens with zero attached hydrogens (tertiary/aromatic N) is 1. The Balaban J connectivity index is 1.93. The number of benzene rings is 1. The van der Waals surface area contributed by atoms with Gasteiger partial charge in [-0.3, -0.25) is 9.59 Å². The smallest absolute Gasteiger partial charge is 0.338 e. The first-order chi connectivity index (χ1) is 12.5. The van der Waals surface area contributed by atoms with E-state index in [1.807, 2.05) is 40.7 Å². The average Bonchev–Trinajstić information content (AvgIpc) is 2.84. The standard InChI is InChI=1S/C20H27N3O4/c1-12-13(2)21-16-8-7-14(9-15(12)16)19(26)27-11-18(25)23(6)10-17(24)22-20(3,4)5/h7-9,21H,10-11H2,1-6H3,(H,22,24). The molecule has 0 atom stereocenters. The Morgan fingerprint density at radius 1 is 1.19 bits per heavy atom. The number of aryl methyl sites for hydroxylation is 2. The van der Waals surface area contributed by atoms with Gasteiger partial charge in [-0.05, 0) is 58.4 Å². The minimum atomic E-state index is -0.573. The fourth-order valence-electron chi connectivity index (χ4n) is 2.67. The van der Waals surface area contributed by atoms with Gasteiger partial charge < -0.3 is 19.9 Å². The summed E-state index contributed by atoms with van der Waals surface area (Å²) in [5.74, 6) is -1.29. The first kappa shape index (κ1) is 20.5. The molecule has 27 heavy (non-hydrogen) atoms. The van der Waals surface area contributed by atoms with Gasteiger partial charge in [0.25, 0.3) is 5.91 Å². The van der Waals surface area contributed by atoms with Gasteiger partial charge in [-0.15, -0.1) is 0 Å². The van der Waals surface area contributed by atoms with E-state index in [0.29, 0.717) is 5.56 Å². The van der Waals surface area contributed by atoms with Crippen LogP contribution in [-0.2, 0) is 14.3 Å². The number of fused-ring (bicyclic) bond motifs is 1. The van der Waals surface area contributed by atoms with Crippen molar-refractivity contribution in [3.8, 4) is 0 Å². The summed E-state index contributed by atoms with van der Waals surface area (Å²) < 4.78 is 5.12. The summed E-state index contributed by atoms with van der Waals surface area (Å²) >= 11 is 0. The van der Waals surface area contributed by atoms with Gasteiger partial charge in [0.15, 0.2) is 6.61 Å². The Hall–Kier alpha value is -2.83. The fraction of sp³-hybridized carbons (Fsp3) is 0.450. The molecule has 2 amide bonds. The van der Waals surface area contributed by atoms with Crippen LogP contribution in [0.2, 0.25) is 0 Å². The van der Waals surface area contributed by atoms with E-state index in [1.54, 1.807) is 12.1 Å². The second kappa shape index (κ2) is 7.82. The third-order valence-corrected chi connectivity index (χ3v) is 4.19. The van der Waals surface area contributed by atoms with Gasteiger partial charge in [-0.1, -0.05) is 0 Å². The van der Waals surface area contributed by atoms with Crippen LogP contribution < -0.4 is 5.32 Å². The molecule has 7 nitrogen and oxygen atoms in total. The molecule has 0 radical (unpaired) electrons. The zero-order valence-electron chi connectivity index (χ0n) is 16.7. The predicted molar refractivity (Wildman–Crippen MR) is 104 cm³/mol. The summed E-state index contributed by atoms with van der Waals surface area (Å²) in [6.07, 6.45) is 0. The number of aromatic amines is 1. The summed E-state index contributed by atoms with van der Waals surface area (Å²) in [5.41, 5.74) is 3.06. The van der Waals surface area contributed by atoms with E-state index in [1.165, 1.54) is 11.9 Å². The fourth-order valence-corrected chi connectivity index (χ4v) is 2.67. The van der Waals surface area contributed by atoms with Crippen LogP contribution in [0.25, 0.3) is 10.9 Å². The maximum atomic E-state index is 12.3. The molecule has 0 aliphatic rings. The van der Waals surface area contributed by atoms with Crippen molar-refractivity contribution in [1.29, 1.82) is 0 Å². The number of hydrogen-bond acceptors (Lipinski definition) is 4. The van der Waals surface area contributed by atoms with Crippen LogP contribution >= 0.6 is 0 Å². The van der Waals surface area contributed by atoms with Crippen molar-refractivity contribution < 1.29 is 19.1 Å². The summed E-state index contributed by atoms with van der Waals surface area (Å²) in [5, 5.41) is 3.72. The minimum absolute atomic E-state index is 0.0958. The Kier molecular flexibility index (Phi) is 5.93. The van der Waals surface area contributed by atoms with E-state index in [4.69, 9.17) is 4.74 Å². The number of carbonyl (C=O) groups is 3. The molecule has 0 saturated heterocycles. The second-order valence-corrected chi connectivity index (χ2v) is 7.76. The maximum absolute atomic E-state index is 12.3. The van der Waals surface area contributed by atoms with Gasteiger partial charge in [-0.25, -0.2) is 4.79 Å². The molecular weight excluding hydrogens is 346 g/mol. The molecule has 1 heterocycles. The number of ether oxygens (including phenoxy) is 1. The summed E-state index contributed by atoms with van der Waals surface area (Å²) in [6.45, 7) is 9.02. The lowest BCUT2D eigenvalue weighted by atomic mass is 10.1. The third-order valence-electron chi connectivity index (χ3n) is 4.19. The monoisotopic (exact) mass is 373 g/mol. The number of H-pyrrole nitrogens is 1. The highest BCUT2D eigenvalue weighted by Gasteiger charge is 2.19. The van der Waals surface area contributed by atoms with Crippen LogP contribution in [0.3, 0.4) is 0 Å². The number of esters is 1. The van der Waals surface area contributed by atoms with Crippen LogP contribution in [0.4, 0.5) is 0 Å². The van der Waals surface area contributed by atoms with Gasteiger partial charge in [0.05, 0.1) is 12.1 Å². The number of rotatable bonds is 5. The topological polar surface area (TPSA) is 91.5 Å². The molecule has 146 valence electrons. The number of carbonyl (C=O) groups excluding carboxylic acids is 3. The van der Waals surface area contributed by atoms with Crippen molar-refractivity contribution in [2.24, 2.45) is 0 Å². The highest BCUT2D eigenvalue weighted by Crippen LogP contribution is 2.22. The highest BCUT2D eigenvalue weighted by molar-refractivity contribution is 5.97. The van der Waals surface area contributed by atoms with E-state index in [0.717, 1.165) is 22.2 Å². The Morgan fingerprint density at radius 3 is 2.48 bits per heavy atom. The molecule has 0 saturated carbocycles. The van der Waals surface area contributed by atoms with E-state index >= 15 is 0 Å². The Bertz CT molecular complexity index is 877. The lowest BCUT2D eigenvalue weighted by Gasteiger charge is -2.23. The van der Waals surface area contributed by atoms with Crippen LogP contribution in [0.5, 0.6) is 0 Å². The van der Waals surface area contributed by atoms with Crippen LogP contribution in [0.1, 0.15) is 42.4 Å². The van der Waals surface area contributed by atoms with Gasteiger partial charge in [0.1, 0.15) is 0 Å². The molecular formula is C20H27N3O4. The zero-order valence-corrected chi connectivity index (χ0v) is 16.7. The van der Waals surface area contributed by atoms with Crippen molar-refractivity contribution in [2.75, 3.05) is 20.2 Å². The third kappa shape index (κ3) is 5.32. The van der Waals surface area contributed by atoms with Crippen LogP contribution in [0.15, 0.2) is 18.2 Å². The van der Waals surface area contributed by atoms with Crippen molar-refractivity contribution >= 4 is 28.7 Å². The molecule has 1 aromatic carbocycles. The van der Waals surface area contributed by atoms with Crippen molar-refractivity contribution in [3.63, 3.8) is 0 Å². The molecule has 0 spiro atoms. The van der Waals surface area contributed by atoms with E-state index < -0.39 is 18.5 Å². The maximum Gasteiger partial charge on any atom is 0.338 e. The SMILES string of the molecule is Cc1[nH]c2ccc(C(=O)OCC(=O)N(C)CC(=O)NC(C)(C)C)cc2c1C. The van der Waals surface area contributed by atoms with Crippen LogP contribution in [0, 0.1) is 13.8 Å². The second-order valence-electron chi connectivity index (χ2n) is 7.76. The van der Waals surface area contributed by atoms with Crippen molar-refractivity contribution in [3.05, 3.63) is 35.0 Å². The highest BCUT2D eigenvalue weighted by atomic mass is 16.5. The van der Waals surface area contributed by atoms with Crippen molar-refractivity contribution in [2.45, 2.75) is 40.2 Å². The lowest BCUT2D eigenvalue weighted by Crippen LogP contribution is -2.46. The van der Waals surface area contributed by atoms with Gasteiger partial charge >= 0.3 is 5.97 Å². The first-order valence-corrected chi connectivity index (χ1v) is 8.79. The molecule has 0 fully saturated rings. The number of likely N-dealkylation sites (N-methyl/N-ethyl adjacent to an activating group) is 1. The van der Waals surface area contributed by atoms with Crippen molar-refractivity contribution in [1.82, 2.24) is 15.2 Å². The van der Waals surface area contributed by atoms with Gasteiger partial charge in [-0.2, -0.15) is 0 Å². The normalized spacial score (nSPS) is 11.3. The van der Waals surface area contributed by atoms with E-state index in [2.05, 4.69) is 10.3 Å². The molecule has 0 bridgehead atoms. The molecule has 2 rings (SSSR count). The molecule has 0 aliphatic heterocycles. The van der Waals surface area contributed by atoms with Gasteiger partial charge in [0, 0.05) is 29.2 Å². The largest absolute Gasteiger partial charge is 0.452 e. The first-order valence-electron chi connectivity index (χ1n) is 8.79. The molecule has 2 N–H and O–H groups in total. The molecule has 0 unspecified atom stereocenters. The predicted octanol–water partition coefficient (Wildman–Crippen LogP) is 2.31. The Labute approximate surface area is 159 Å². The summed E-state index contributed by atoms with van der Waals surface area (Å²) in [7, 11) is 1.50. The number of hydrogen-bond donors (Lipinski definition) is 2. The summed E-state index contributed by atoms with van der Waals surface area (Å²) in [4.78, 5) is 40.7. The average molecular weight is 373 g/mol. The van der Waals surface area contributed by atoms with E-state index in [-0.39, 0.29) is 18.0 Å². The lowest BCUT2D eigenvalue weighted by molar-refractivity contribution is -0.137. The molecule has 0 aliphatic carbocycles. The van der Waals surface area contributed by atoms with E-state index in [9.17, 15) is 14.4 Å². The number of nitrogens with one attached hydrogen (secondary N) is 2. The summed E-state index contributed by atoms with van der Waals surface area (Å²) in [6, 6.07) is 5.23. The number of aromatic nitrogens is 1. The minimum Gasteiger partial charge on any atom is -0.452 e. The van der Waals surface area contributed by atoms with Gasteiger partial charge in [0.2, 0.25) is 5.91 Å². The molecule has 1 aromatic heterocycles. The quantitative estimate of drug-likeness (QED) is 0.787.